The van der Waals surface area contributed by atoms with Crippen molar-refractivity contribution in [3.8, 4) is 11.5 Å². The predicted octanol–water partition coefficient (Wildman–Crippen LogP) is 3.44. The van der Waals surface area contributed by atoms with Crippen molar-refractivity contribution in [3.05, 3.63) is 36.4 Å². The molecule has 0 aliphatic rings. The fourth-order valence-corrected chi connectivity index (χ4v) is 1.41. The molecule has 2 aromatic carbocycles. The first kappa shape index (κ1) is 10.6. The van der Waals surface area contributed by atoms with Crippen LogP contribution >= 0.6 is 0 Å². The topological polar surface area (TPSA) is 29.5 Å². The van der Waals surface area contributed by atoms with Gasteiger partial charge in [-0.2, -0.15) is 0 Å². The van der Waals surface area contributed by atoms with Gasteiger partial charge in [0.05, 0.1) is 0 Å². The van der Waals surface area contributed by atoms with Gasteiger partial charge in [-0.15, -0.1) is 13.2 Å². The van der Waals surface area contributed by atoms with Gasteiger partial charge >= 0.3 is 6.36 Å². The Bertz CT molecular complexity index is 520. The Morgan fingerprint density at radius 3 is 2.25 bits per heavy atom. The van der Waals surface area contributed by atoms with E-state index in [1.54, 1.807) is 0 Å². The third-order valence-electron chi connectivity index (χ3n) is 2.03. The molecule has 0 aliphatic carbocycles. The summed E-state index contributed by atoms with van der Waals surface area (Å²) in [6.45, 7) is 0. The van der Waals surface area contributed by atoms with Gasteiger partial charge in [-0.05, 0) is 35.0 Å². The number of aromatic hydroxyl groups is 1. The minimum absolute atomic E-state index is 0.0667. The van der Waals surface area contributed by atoms with Crippen molar-refractivity contribution in [3.63, 3.8) is 0 Å². The van der Waals surface area contributed by atoms with E-state index in [1.807, 2.05) is 0 Å². The van der Waals surface area contributed by atoms with Gasteiger partial charge in [0, 0.05) is 0 Å². The van der Waals surface area contributed by atoms with Gasteiger partial charge < -0.3 is 9.84 Å². The number of phenols is 1. The van der Waals surface area contributed by atoms with Crippen molar-refractivity contribution < 1.29 is 23.0 Å². The van der Waals surface area contributed by atoms with Crippen LogP contribution in [0.5, 0.6) is 11.5 Å². The molecule has 0 saturated carbocycles. The van der Waals surface area contributed by atoms with Crippen molar-refractivity contribution in [2.24, 2.45) is 0 Å². The molecule has 0 aliphatic heterocycles. The molecule has 5 heteroatoms. The second-order valence-corrected chi connectivity index (χ2v) is 3.24. The highest BCUT2D eigenvalue weighted by Gasteiger charge is 2.31. The molecule has 0 bridgehead atoms. The van der Waals surface area contributed by atoms with Crippen molar-refractivity contribution in [1.82, 2.24) is 0 Å². The quantitative estimate of drug-likeness (QED) is 0.810. The molecule has 84 valence electrons. The summed E-state index contributed by atoms with van der Waals surface area (Å²) >= 11 is 0. The second-order valence-electron chi connectivity index (χ2n) is 3.24. The van der Waals surface area contributed by atoms with Crippen LogP contribution in [-0.4, -0.2) is 11.5 Å². The molecule has 2 aromatic rings. The number of rotatable bonds is 1. The summed E-state index contributed by atoms with van der Waals surface area (Å²) in [7, 11) is 0. The zero-order valence-corrected chi connectivity index (χ0v) is 7.95. The normalized spacial score (nSPS) is 11.7. The van der Waals surface area contributed by atoms with E-state index in [9.17, 15) is 18.3 Å². The Morgan fingerprint density at radius 1 is 0.938 bits per heavy atom. The SMILES string of the molecule is Oc1ccc2cc(OC(F)(F)F)ccc2c1. The lowest BCUT2D eigenvalue weighted by Gasteiger charge is -2.09. The van der Waals surface area contributed by atoms with E-state index >= 15 is 0 Å². The lowest BCUT2D eigenvalue weighted by Crippen LogP contribution is -2.16. The largest absolute Gasteiger partial charge is 0.573 e. The number of phenolic OH excluding ortho intramolecular Hbond substituents is 1. The zero-order chi connectivity index (χ0) is 11.8. The molecule has 16 heavy (non-hydrogen) atoms. The Balaban J connectivity index is 2.41. The number of hydrogen-bond acceptors (Lipinski definition) is 2. The first-order valence-corrected chi connectivity index (χ1v) is 4.42. The molecule has 1 N–H and O–H groups in total. The molecule has 0 amide bonds. The lowest BCUT2D eigenvalue weighted by atomic mass is 10.1. The van der Waals surface area contributed by atoms with Crippen molar-refractivity contribution in [1.29, 1.82) is 0 Å². The van der Waals surface area contributed by atoms with Gasteiger partial charge in [-0.25, -0.2) is 0 Å². The van der Waals surface area contributed by atoms with Crippen LogP contribution in [-0.2, 0) is 0 Å². The molecule has 0 unspecified atom stereocenters. The highest BCUT2D eigenvalue weighted by molar-refractivity contribution is 5.85. The van der Waals surface area contributed by atoms with Crippen molar-refractivity contribution in [2.45, 2.75) is 6.36 Å². The van der Waals surface area contributed by atoms with E-state index in [2.05, 4.69) is 4.74 Å². The maximum absolute atomic E-state index is 11.9. The van der Waals surface area contributed by atoms with Gasteiger partial charge in [0.25, 0.3) is 0 Å². The Morgan fingerprint density at radius 2 is 1.56 bits per heavy atom. The lowest BCUT2D eigenvalue weighted by molar-refractivity contribution is -0.274. The number of benzene rings is 2. The van der Waals surface area contributed by atoms with Crippen LogP contribution in [0, 0.1) is 0 Å². The first-order chi connectivity index (χ1) is 7.44. The Kier molecular flexibility index (Phi) is 2.38. The smallest absolute Gasteiger partial charge is 0.508 e. The van der Waals surface area contributed by atoms with Crippen LogP contribution in [0.1, 0.15) is 0 Å². The standard InChI is InChI=1S/C11H7F3O2/c12-11(13,14)16-10-4-2-7-5-9(15)3-1-8(7)6-10/h1-6,15H. The number of ether oxygens (including phenoxy) is 1. The van der Waals surface area contributed by atoms with E-state index in [-0.39, 0.29) is 11.5 Å². The summed E-state index contributed by atoms with van der Waals surface area (Å²) in [4.78, 5) is 0. The molecule has 0 aromatic heterocycles. The number of hydrogen-bond donors (Lipinski definition) is 1. The summed E-state index contributed by atoms with van der Waals surface area (Å²) in [6.07, 6.45) is -4.69. The predicted molar refractivity (Wildman–Crippen MR) is 52.3 cm³/mol. The minimum Gasteiger partial charge on any atom is -0.508 e. The van der Waals surface area contributed by atoms with Gasteiger partial charge in [0.2, 0.25) is 0 Å². The monoisotopic (exact) mass is 228 g/mol. The molecule has 0 spiro atoms. The maximum Gasteiger partial charge on any atom is 0.573 e. The van der Waals surface area contributed by atoms with Crippen LogP contribution in [0.2, 0.25) is 0 Å². The van der Waals surface area contributed by atoms with E-state index < -0.39 is 6.36 Å². The van der Waals surface area contributed by atoms with Gasteiger partial charge in [0.15, 0.2) is 0 Å². The fraction of sp³-hybridized carbons (Fsp3) is 0.0909. The Hall–Kier alpha value is -1.91. The summed E-state index contributed by atoms with van der Waals surface area (Å²) in [5.74, 6) is -0.206. The van der Waals surface area contributed by atoms with Crippen molar-refractivity contribution in [2.75, 3.05) is 0 Å². The summed E-state index contributed by atoms with van der Waals surface area (Å²) in [5.41, 5.74) is 0. The van der Waals surface area contributed by atoms with Crippen LogP contribution in [0.25, 0.3) is 10.8 Å². The van der Waals surface area contributed by atoms with Gasteiger partial charge in [-0.3, -0.25) is 0 Å². The number of alkyl halides is 3. The first-order valence-electron chi connectivity index (χ1n) is 4.42. The van der Waals surface area contributed by atoms with E-state index in [1.165, 1.54) is 36.4 Å². The molecule has 2 rings (SSSR count). The number of halogens is 3. The maximum atomic E-state index is 11.9. The highest BCUT2D eigenvalue weighted by Crippen LogP contribution is 2.27. The van der Waals surface area contributed by atoms with Crippen LogP contribution in [0.3, 0.4) is 0 Å². The van der Waals surface area contributed by atoms with E-state index in [0.717, 1.165) is 0 Å². The third-order valence-corrected chi connectivity index (χ3v) is 2.03. The Labute approximate surface area is 88.9 Å². The van der Waals surface area contributed by atoms with Gasteiger partial charge in [-0.1, -0.05) is 12.1 Å². The van der Waals surface area contributed by atoms with Crippen LogP contribution < -0.4 is 4.74 Å². The average molecular weight is 228 g/mol. The molecule has 2 nitrogen and oxygen atoms in total. The molecule has 0 fully saturated rings. The van der Waals surface area contributed by atoms with E-state index in [0.29, 0.717) is 10.8 Å². The van der Waals surface area contributed by atoms with Gasteiger partial charge in [0.1, 0.15) is 11.5 Å². The zero-order valence-electron chi connectivity index (χ0n) is 7.95. The number of fused-ring (bicyclic) bond motifs is 1. The highest BCUT2D eigenvalue weighted by atomic mass is 19.4. The summed E-state index contributed by atoms with van der Waals surface area (Å²) in [5, 5.41) is 10.4. The third kappa shape index (κ3) is 2.36. The molecular formula is C11H7F3O2. The van der Waals surface area contributed by atoms with Crippen LogP contribution in [0.4, 0.5) is 13.2 Å². The molecule has 0 radical (unpaired) electrons. The van der Waals surface area contributed by atoms with E-state index in [4.69, 9.17) is 0 Å². The van der Waals surface area contributed by atoms with Crippen molar-refractivity contribution >= 4 is 10.8 Å². The fourth-order valence-electron chi connectivity index (χ4n) is 1.41. The minimum atomic E-state index is -4.69. The average Bonchev–Trinajstić information content (AvgIpc) is 2.16. The molecule has 0 heterocycles. The second kappa shape index (κ2) is 3.59. The molecular weight excluding hydrogens is 221 g/mol. The summed E-state index contributed by atoms with van der Waals surface area (Å²) < 4.78 is 39.6. The summed E-state index contributed by atoms with van der Waals surface area (Å²) in [6, 6.07) is 8.31. The molecule has 0 saturated heterocycles. The molecule has 0 atom stereocenters. The van der Waals surface area contributed by atoms with Crippen LogP contribution in [0.15, 0.2) is 36.4 Å².